The molecule has 36 heavy (non-hydrogen) atoms. The molecule has 0 atom stereocenters. The number of para-hydroxylation sites is 2. The lowest BCUT2D eigenvalue weighted by molar-refractivity contribution is 0.462. The van der Waals surface area contributed by atoms with Crippen molar-refractivity contribution in [3.05, 3.63) is 118 Å². The molecular formula is C34H42O2. The van der Waals surface area contributed by atoms with E-state index in [1.54, 1.807) is 0 Å². The molecule has 190 valence electrons. The normalized spacial score (nSPS) is 10.1. The molecule has 0 unspecified atom stereocenters. The Bertz CT molecular complexity index is 1050. The summed E-state index contributed by atoms with van der Waals surface area (Å²) in [5.74, 6) is 0.968. The second kappa shape index (κ2) is 14.8. The number of hydrogen-bond donors (Lipinski definition) is 2. The van der Waals surface area contributed by atoms with E-state index in [-0.39, 0.29) is 0 Å². The smallest absolute Gasteiger partial charge is 0.121 e. The number of rotatable bonds is 5. The van der Waals surface area contributed by atoms with Crippen LogP contribution in [0.1, 0.15) is 61.1 Å². The van der Waals surface area contributed by atoms with Crippen molar-refractivity contribution in [2.24, 2.45) is 0 Å². The lowest BCUT2D eigenvalue weighted by atomic mass is 10.0. The van der Waals surface area contributed by atoms with Gasteiger partial charge in [-0.05, 0) is 72.9 Å². The number of aryl methyl sites for hydroxylation is 6. The molecule has 2 N–H and O–H groups in total. The summed E-state index contributed by atoms with van der Waals surface area (Å²) in [5, 5.41) is 19.2. The zero-order valence-electron chi connectivity index (χ0n) is 22.8. The lowest BCUT2D eigenvalue weighted by Crippen LogP contribution is -1.86. The Hall–Kier alpha value is -3.52. The van der Waals surface area contributed by atoms with E-state index in [1.807, 2.05) is 36.4 Å². The highest BCUT2D eigenvalue weighted by Crippen LogP contribution is 2.24. The fourth-order valence-corrected chi connectivity index (χ4v) is 3.92. The van der Waals surface area contributed by atoms with E-state index in [2.05, 4.69) is 90.1 Å². The molecule has 0 aliphatic carbocycles. The van der Waals surface area contributed by atoms with Gasteiger partial charge in [0.15, 0.2) is 0 Å². The molecule has 4 rings (SSSR count). The molecule has 0 spiro atoms. The highest BCUT2D eigenvalue weighted by molar-refractivity contribution is 5.63. The third-order valence-electron chi connectivity index (χ3n) is 6.37. The minimum atomic E-state index is 0.484. The molecule has 0 fully saturated rings. The Balaban J connectivity index is 0.000000193. The quantitative estimate of drug-likeness (QED) is 0.298. The van der Waals surface area contributed by atoms with Crippen LogP contribution in [0.2, 0.25) is 0 Å². The van der Waals surface area contributed by atoms with Crippen molar-refractivity contribution >= 4 is 0 Å². The summed E-state index contributed by atoms with van der Waals surface area (Å²) < 4.78 is 0. The Morgan fingerprint density at radius 3 is 0.889 bits per heavy atom. The van der Waals surface area contributed by atoms with E-state index >= 15 is 0 Å². The van der Waals surface area contributed by atoms with Crippen molar-refractivity contribution in [3.8, 4) is 22.6 Å². The van der Waals surface area contributed by atoms with Crippen LogP contribution in [0, 0.1) is 13.8 Å². The largest absolute Gasteiger partial charge is 0.507 e. The topological polar surface area (TPSA) is 40.5 Å². The fourth-order valence-electron chi connectivity index (χ4n) is 3.92. The highest BCUT2D eigenvalue weighted by atomic mass is 16.3. The number of aromatic hydroxyl groups is 2. The van der Waals surface area contributed by atoms with Gasteiger partial charge in [0.2, 0.25) is 0 Å². The standard InChI is InChI=1S/C14H14.2C10H14O/c1-11-3-7-13(8-4-11)14-9-5-12(2)6-10-14;2*1-3-8-6-5-7-9(4-2)10(8)11/h3-10H,1-2H3;2*5-7,11H,3-4H2,1-2H3. The maximum atomic E-state index is 9.59. The Labute approximate surface area is 218 Å². The Kier molecular flexibility index (Phi) is 11.8. The zero-order chi connectivity index (χ0) is 26.5. The summed E-state index contributed by atoms with van der Waals surface area (Å²) >= 11 is 0. The molecule has 2 nitrogen and oxygen atoms in total. The third kappa shape index (κ3) is 8.30. The average molecular weight is 483 g/mol. The maximum Gasteiger partial charge on any atom is 0.121 e. The first kappa shape index (κ1) is 28.7. The van der Waals surface area contributed by atoms with Crippen molar-refractivity contribution in [3.63, 3.8) is 0 Å². The van der Waals surface area contributed by atoms with Crippen LogP contribution in [0.3, 0.4) is 0 Å². The molecular weight excluding hydrogens is 440 g/mol. The van der Waals surface area contributed by atoms with Gasteiger partial charge in [0, 0.05) is 0 Å². The molecule has 0 aromatic heterocycles. The fraction of sp³-hybridized carbons (Fsp3) is 0.294. The Morgan fingerprint density at radius 1 is 0.417 bits per heavy atom. The van der Waals surface area contributed by atoms with Crippen LogP contribution < -0.4 is 0 Å². The van der Waals surface area contributed by atoms with Crippen molar-refractivity contribution < 1.29 is 10.2 Å². The summed E-state index contributed by atoms with van der Waals surface area (Å²) in [7, 11) is 0. The molecule has 0 aliphatic heterocycles. The third-order valence-corrected chi connectivity index (χ3v) is 6.37. The zero-order valence-corrected chi connectivity index (χ0v) is 22.8. The summed E-state index contributed by atoms with van der Waals surface area (Å²) in [6.07, 6.45) is 3.61. The van der Waals surface area contributed by atoms with Gasteiger partial charge in [-0.1, -0.05) is 124 Å². The molecule has 4 aromatic rings. The van der Waals surface area contributed by atoms with Gasteiger partial charge in [-0.3, -0.25) is 0 Å². The first-order chi connectivity index (χ1) is 17.3. The maximum absolute atomic E-state index is 9.59. The second-order valence-electron chi connectivity index (χ2n) is 9.00. The lowest BCUT2D eigenvalue weighted by Gasteiger charge is -2.05. The highest BCUT2D eigenvalue weighted by Gasteiger charge is 2.02. The van der Waals surface area contributed by atoms with Gasteiger partial charge in [0.25, 0.3) is 0 Å². The second-order valence-corrected chi connectivity index (χ2v) is 9.00. The monoisotopic (exact) mass is 482 g/mol. The summed E-state index contributed by atoms with van der Waals surface area (Å²) in [4.78, 5) is 0. The predicted octanol–water partition coefficient (Wildman–Crippen LogP) is 9.00. The summed E-state index contributed by atoms with van der Waals surface area (Å²) in [6, 6.07) is 29.1. The molecule has 4 aromatic carbocycles. The van der Waals surface area contributed by atoms with E-state index in [4.69, 9.17) is 0 Å². The molecule has 0 aliphatic rings. The number of benzene rings is 4. The van der Waals surface area contributed by atoms with E-state index in [0.717, 1.165) is 47.9 Å². The summed E-state index contributed by atoms with van der Waals surface area (Å²) in [6.45, 7) is 12.4. The van der Waals surface area contributed by atoms with Crippen molar-refractivity contribution in [1.82, 2.24) is 0 Å². The first-order valence-electron chi connectivity index (χ1n) is 13.1. The van der Waals surface area contributed by atoms with E-state index in [0.29, 0.717) is 11.5 Å². The van der Waals surface area contributed by atoms with Crippen LogP contribution in [0.5, 0.6) is 11.5 Å². The molecule has 0 bridgehead atoms. The van der Waals surface area contributed by atoms with Crippen LogP contribution in [0.4, 0.5) is 0 Å². The van der Waals surface area contributed by atoms with Crippen molar-refractivity contribution in [2.75, 3.05) is 0 Å². The van der Waals surface area contributed by atoms with Gasteiger partial charge in [0.05, 0.1) is 0 Å². The van der Waals surface area contributed by atoms with Crippen molar-refractivity contribution in [2.45, 2.75) is 67.2 Å². The SMILES string of the molecule is CCc1cccc(CC)c1O.CCc1cccc(CC)c1O.Cc1ccc(-c2ccc(C)cc2)cc1. The van der Waals surface area contributed by atoms with Crippen LogP contribution in [0.15, 0.2) is 84.9 Å². The van der Waals surface area contributed by atoms with Crippen LogP contribution in [0.25, 0.3) is 11.1 Å². The van der Waals surface area contributed by atoms with E-state index < -0.39 is 0 Å². The number of hydrogen-bond acceptors (Lipinski definition) is 2. The van der Waals surface area contributed by atoms with Gasteiger partial charge >= 0.3 is 0 Å². The minimum absolute atomic E-state index is 0.484. The van der Waals surface area contributed by atoms with Crippen molar-refractivity contribution in [1.29, 1.82) is 0 Å². The molecule has 0 heterocycles. The predicted molar refractivity (Wildman–Crippen MR) is 155 cm³/mol. The van der Waals surface area contributed by atoms with Gasteiger partial charge in [0.1, 0.15) is 11.5 Å². The molecule has 0 radical (unpaired) electrons. The van der Waals surface area contributed by atoms with Gasteiger partial charge in [-0.2, -0.15) is 0 Å². The van der Waals surface area contributed by atoms with E-state index in [9.17, 15) is 10.2 Å². The van der Waals surface area contributed by atoms with Crippen LogP contribution in [-0.2, 0) is 25.7 Å². The molecule has 0 saturated carbocycles. The van der Waals surface area contributed by atoms with Gasteiger partial charge in [-0.15, -0.1) is 0 Å². The average Bonchev–Trinajstić information content (AvgIpc) is 2.91. The van der Waals surface area contributed by atoms with E-state index in [1.165, 1.54) is 22.3 Å². The van der Waals surface area contributed by atoms with Gasteiger partial charge < -0.3 is 10.2 Å². The molecule has 0 saturated heterocycles. The Morgan fingerprint density at radius 2 is 0.667 bits per heavy atom. The van der Waals surface area contributed by atoms with Crippen LogP contribution in [-0.4, -0.2) is 10.2 Å². The first-order valence-corrected chi connectivity index (χ1v) is 13.1. The van der Waals surface area contributed by atoms with Crippen LogP contribution >= 0.6 is 0 Å². The van der Waals surface area contributed by atoms with Gasteiger partial charge in [-0.25, -0.2) is 0 Å². The number of phenols is 2. The molecule has 2 heteroatoms. The summed E-state index contributed by atoms with van der Waals surface area (Å²) in [5.41, 5.74) is 9.37. The number of phenolic OH excluding ortho intramolecular Hbond substituents is 2. The minimum Gasteiger partial charge on any atom is -0.507 e. The molecule has 0 amide bonds.